The molecule has 14 heavy (non-hydrogen) atoms. The number of nitrogens with one attached hydrogen (secondary N) is 2. The lowest BCUT2D eigenvalue weighted by atomic mass is 10.2. The first-order chi connectivity index (χ1) is 6.68. The van der Waals surface area contributed by atoms with E-state index in [1.54, 1.807) is 6.07 Å². The van der Waals surface area contributed by atoms with Gasteiger partial charge in [-0.1, -0.05) is 6.07 Å². The standard InChI is InChI=1S/C8H7BrN4O/c9-5-3-1-2-4(6(5)10)7-11-8(14)13-12-7/h1-3H,10H2,(H2,11,12,13,14). The number of nitrogen functional groups attached to an aromatic ring is 1. The molecule has 0 atom stereocenters. The molecule has 0 radical (unpaired) electrons. The first-order valence-electron chi connectivity index (χ1n) is 3.87. The van der Waals surface area contributed by atoms with Gasteiger partial charge in [0.15, 0.2) is 5.82 Å². The summed E-state index contributed by atoms with van der Waals surface area (Å²) in [6.45, 7) is 0. The number of nitrogens with zero attached hydrogens (tertiary/aromatic N) is 1. The van der Waals surface area contributed by atoms with Crippen LogP contribution in [-0.2, 0) is 0 Å². The second-order valence-electron chi connectivity index (χ2n) is 2.73. The Kier molecular flexibility index (Phi) is 2.12. The van der Waals surface area contributed by atoms with Crippen molar-refractivity contribution in [1.82, 2.24) is 15.2 Å². The van der Waals surface area contributed by atoms with Crippen LogP contribution in [0.25, 0.3) is 11.4 Å². The molecule has 6 heteroatoms. The topological polar surface area (TPSA) is 87.6 Å². The minimum absolute atomic E-state index is 0.348. The molecule has 2 aromatic rings. The van der Waals surface area contributed by atoms with Gasteiger partial charge in [0.05, 0.1) is 5.69 Å². The fourth-order valence-electron chi connectivity index (χ4n) is 1.14. The summed E-state index contributed by atoms with van der Waals surface area (Å²) in [5.74, 6) is 0.439. The van der Waals surface area contributed by atoms with Crippen molar-refractivity contribution in [3.63, 3.8) is 0 Å². The fourth-order valence-corrected chi connectivity index (χ4v) is 1.51. The third-order valence-electron chi connectivity index (χ3n) is 1.81. The van der Waals surface area contributed by atoms with E-state index in [1.165, 1.54) is 0 Å². The number of hydrogen-bond acceptors (Lipinski definition) is 3. The number of aromatic nitrogens is 3. The predicted molar refractivity (Wildman–Crippen MR) is 56.8 cm³/mol. The summed E-state index contributed by atoms with van der Waals surface area (Å²) in [5, 5.41) is 6.08. The molecule has 0 bridgehead atoms. The molecule has 1 heterocycles. The molecule has 5 nitrogen and oxygen atoms in total. The second-order valence-corrected chi connectivity index (χ2v) is 3.58. The zero-order valence-electron chi connectivity index (χ0n) is 7.04. The predicted octanol–water partition coefficient (Wildman–Crippen LogP) is 1.11. The zero-order valence-corrected chi connectivity index (χ0v) is 8.63. The Balaban J connectivity index is 2.62. The van der Waals surface area contributed by atoms with Crippen LogP contribution in [0, 0.1) is 0 Å². The quantitative estimate of drug-likeness (QED) is 0.667. The minimum Gasteiger partial charge on any atom is -0.397 e. The number of aromatic amines is 2. The molecule has 0 saturated heterocycles. The van der Waals surface area contributed by atoms with E-state index < -0.39 is 0 Å². The lowest BCUT2D eigenvalue weighted by Gasteiger charge is -2.02. The summed E-state index contributed by atoms with van der Waals surface area (Å²) in [5.41, 5.74) is 6.70. The maximum Gasteiger partial charge on any atom is 0.340 e. The molecular weight excluding hydrogens is 248 g/mol. The molecule has 4 N–H and O–H groups in total. The lowest BCUT2D eigenvalue weighted by molar-refractivity contribution is 1.05. The number of nitrogens with two attached hydrogens (primary N) is 1. The van der Waals surface area contributed by atoms with E-state index in [2.05, 4.69) is 31.1 Å². The van der Waals surface area contributed by atoms with E-state index in [0.29, 0.717) is 17.1 Å². The van der Waals surface area contributed by atoms with Crippen molar-refractivity contribution in [3.8, 4) is 11.4 Å². The van der Waals surface area contributed by atoms with E-state index in [-0.39, 0.29) is 5.69 Å². The Morgan fingerprint density at radius 2 is 2.21 bits per heavy atom. The monoisotopic (exact) mass is 254 g/mol. The van der Waals surface area contributed by atoms with Gasteiger partial charge in [0.1, 0.15) is 0 Å². The maximum atomic E-state index is 10.8. The first kappa shape index (κ1) is 9.01. The van der Waals surface area contributed by atoms with Crippen LogP contribution in [0.2, 0.25) is 0 Å². The molecule has 0 saturated carbocycles. The van der Waals surface area contributed by atoms with Gasteiger partial charge in [-0.05, 0) is 28.1 Å². The van der Waals surface area contributed by atoms with Crippen LogP contribution in [0.1, 0.15) is 0 Å². The van der Waals surface area contributed by atoms with E-state index in [9.17, 15) is 4.79 Å². The van der Waals surface area contributed by atoms with Crippen molar-refractivity contribution >= 4 is 21.6 Å². The molecule has 0 amide bonds. The van der Waals surface area contributed by atoms with Gasteiger partial charge in [0.2, 0.25) is 0 Å². The van der Waals surface area contributed by atoms with Gasteiger partial charge in [0.25, 0.3) is 0 Å². The average molecular weight is 255 g/mol. The fraction of sp³-hybridized carbons (Fsp3) is 0. The van der Waals surface area contributed by atoms with Crippen LogP contribution in [0.4, 0.5) is 5.69 Å². The number of benzene rings is 1. The molecule has 0 unspecified atom stereocenters. The van der Waals surface area contributed by atoms with Crippen LogP contribution in [0.5, 0.6) is 0 Å². The molecule has 0 aliphatic carbocycles. The largest absolute Gasteiger partial charge is 0.397 e. The molecule has 0 spiro atoms. The van der Waals surface area contributed by atoms with Crippen LogP contribution < -0.4 is 11.4 Å². The molecule has 0 fully saturated rings. The minimum atomic E-state index is -0.348. The first-order valence-corrected chi connectivity index (χ1v) is 4.67. The van der Waals surface area contributed by atoms with Gasteiger partial charge in [-0.2, -0.15) is 5.10 Å². The van der Waals surface area contributed by atoms with Gasteiger partial charge in [-0.25, -0.2) is 9.89 Å². The van der Waals surface area contributed by atoms with Crippen molar-refractivity contribution < 1.29 is 0 Å². The SMILES string of the molecule is Nc1c(Br)cccc1-c1n[nH]c(=O)[nH]1. The van der Waals surface area contributed by atoms with Gasteiger partial charge < -0.3 is 5.73 Å². The number of halogens is 1. The smallest absolute Gasteiger partial charge is 0.340 e. The molecule has 0 aliphatic heterocycles. The molecule has 2 rings (SSSR count). The van der Waals surface area contributed by atoms with Gasteiger partial charge in [-0.3, -0.25) is 4.98 Å². The Labute approximate surface area is 87.5 Å². The highest BCUT2D eigenvalue weighted by molar-refractivity contribution is 9.10. The number of H-pyrrole nitrogens is 2. The van der Waals surface area contributed by atoms with Gasteiger partial charge in [0, 0.05) is 10.0 Å². The summed E-state index contributed by atoms with van der Waals surface area (Å²) >= 11 is 3.30. The number of anilines is 1. The van der Waals surface area contributed by atoms with Crippen LogP contribution >= 0.6 is 15.9 Å². The van der Waals surface area contributed by atoms with Crippen LogP contribution in [0.3, 0.4) is 0 Å². The molecule has 72 valence electrons. The van der Waals surface area contributed by atoms with Gasteiger partial charge >= 0.3 is 5.69 Å². The second kappa shape index (κ2) is 3.30. The zero-order chi connectivity index (χ0) is 10.1. The van der Waals surface area contributed by atoms with Crippen molar-refractivity contribution in [2.45, 2.75) is 0 Å². The van der Waals surface area contributed by atoms with E-state index >= 15 is 0 Å². The van der Waals surface area contributed by atoms with Crippen molar-refractivity contribution in [1.29, 1.82) is 0 Å². The summed E-state index contributed by atoms with van der Waals surface area (Å²) in [4.78, 5) is 13.4. The van der Waals surface area contributed by atoms with Crippen LogP contribution in [0.15, 0.2) is 27.5 Å². The molecule has 1 aromatic carbocycles. The Bertz CT molecular complexity index is 516. The third-order valence-corrected chi connectivity index (χ3v) is 2.50. The summed E-state index contributed by atoms with van der Waals surface area (Å²) < 4.78 is 0.777. The summed E-state index contributed by atoms with van der Waals surface area (Å²) in [7, 11) is 0. The van der Waals surface area contributed by atoms with Crippen molar-refractivity contribution in [2.24, 2.45) is 0 Å². The third kappa shape index (κ3) is 1.44. The highest BCUT2D eigenvalue weighted by Crippen LogP contribution is 2.28. The Morgan fingerprint density at radius 3 is 2.86 bits per heavy atom. The Hall–Kier alpha value is -1.56. The maximum absolute atomic E-state index is 10.8. The van der Waals surface area contributed by atoms with Gasteiger partial charge in [-0.15, -0.1) is 0 Å². The van der Waals surface area contributed by atoms with Crippen LogP contribution in [-0.4, -0.2) is 15.2 Å². The molecule has 1 aromatic heterocycles. The van der Waals surface area contributed by atoms with Crippen molar-refractivity contribution in [2.75, 3.05) is 5.73 Å². The number of hydrogen-bond donors (Lipinski definition) is 3. The average Bonchev–Trinajstić information content (AvgIpc) is 2.57. The highest BCUT2D eigenvalue weighted by atomic mass is 79.9. The molecular formula is C8H7BrN4O. The summed E-state index contributed by atoms with van der Waals surface area (Å²) in [6.07, 6.45) is 0. The normalized spacial score (nSPS) is 10.4. The Morgan fingerprint density at radius 1 is 1.43 bits per heavy atom. The number of rotatable bonds is 1. The summed E-state index contributed by atoms with van der Waals surface area (Å²) in [6, 6.07) is 5.43. The number of para-hydroxylation sites is 1. The lowest BCUT2D eigenvalue weighted by Crippen LogP contribution is -2.00. The van der Waals surface area contributed by atoms with E-state index in [0.717, 1.165) is 4.47 Å². The highest BCUT2D eigenvalue weighted by Gasteiger charge is 2.07. The molecule has 0 aliphatic rings. The van der Waals surface area contributed by atoms with Crippen molar-refractivity contribution in [3.05, 3.63) is 33.2 Å². The van der Waals surface area contributed by atoms with E-state index in [4.69, 9.17) is 5.73 Å². The van der Waals surface area contributed by atoms with E-state index in [1.807, 2.05) is 12.1 Å².